The molecule has 35 heavy (non-hydrogen) atoms. The van der Waals surface area contributed by atoms with E-state index in [0.717, 1.165) is 55.1 Å². The number of benzene rings is 2. The number of aromatic nitrogens is 2. The van der Waals surface area contributed by atoms with Crippen LogP contribution < -0.4 is 10.6 Å². The summed E-state index contributed by atoms with van der Waals surface area (Å²) in [6, 6.07) is 13.0. The van der Waals surface area contributed by atoms with Gasteiger partial charge in [0.2, 0.25) is 0 Å². The van der Waals surface area contributed by atoms with E-state index >= 15 is 0 Å². The fraction of sp³-hybridized carbons (Fsp3) is 0.400. The number of rotatable bonds is 8. The SMILES string of the molecule is CN(C)CCCNc1nc(CN2CCN(C(=O)Nc3ccc(Cl)c(Cl)c3)CC2)nc2ccccc12. The summed E-state index contributed by atoms with van der Waals surface area (Å²) < 4.78 is 0. The molecule has 0 saturated carbocycles. The van der Waals surface area contributed by atoms with Crippen LogP contribution in [0.2, 0.25) is 10.0 Å². The molecule has 2 heterocycles. The van der Waals surface area contributed by atoms with Crippen molar-refractivity contribution in [2.75, 3.05) is 64.0 Å². The minimum atomic E-state index is -0.144. The number of amides is 2. The van der Waals surface area contributed by atoms with E-state index in [1.165, 1.54) is 0 Å². The molecule has 1 aromatic heterocycles. The van der Waals surface area contributed by atoms with E-state index in [4.69, 9.17) is 33.2 Å². The third-order valence-electron chi connectivity index (χ3n) is 5.92. The number of fused-ring (bicyclic) bond motifs is 1. The fourth-order valence-corrected chi connectivity index (χ4v) is 4.32. The number of anilines is 2. The smallest absolute Gasteiger partial charge is 0.321 e. The lowest BCUT2D eigenvalue weighted by Crippen LogP contribution is -2.49. The van der Waals surface area contributed by atoms with Crippen LogP contribution in [0.4, 0.5) is 16.3 Å². The first kappa shape index (κ1) is 25.4. The van der Waals surface area contributed by atoms with E-state index in [-0.39, 0.29) is 6.03 Å². The van der Waals surface area contributed by atoms with Gasteiger partial charge in [0.15, 0.2) is 0 Å². The van der Waals surface area contributed by atoms with Crippen molar-refractivity contribution < 1.29 is 4.79 Å². The standard InChI is InChI=1S/C25H31Cl2N7O/c1-32(2)11-5-10-28-24-19-6-3-4-7-22(19)30-23(31-24)17-33-12-14-34(15-13-33)25(35)29-18-8-9-20(26)21(27)16-18/h3-4,6-9,16H,5,10-15,17H2,1-2H3,(H,29,35)(H,28,30,31). The van der Waals surface area contributed by atoms with E-state index in [2.05, 4.69) is 40.6 Å². The number of hydrogen-bond acceptors (Lipinski definition) is 6. The molecule has 8 nitrogen and oxygen atoms in total. The van der Waals surface area contributed by atoms with Crippen molar-refractivity contribution in [2.45, 2.75) is 13.0 Å². The van der Waals surface area contributed by atoms with Gasteiger partial charge in [-0.05, 0) is 57.4 Å². The van der Waals surface area contributed by atoms with E-state index in [0.29, 0.717) is 35.4 Å². The van der Waals surface area contributed by atoms with Crippen molar-refractivity contribution in [3.05, 3.63) is 58.3 Å². The predicted molar refractivity (Wildman–Crippen MR) is 144 cm³/mol. The normalized spacial score (nSPS) is 14.5. The van der Waals surface area contributed by atoms with Crippen molar-refractivity contribution in [2.24, 2.45) is 0 Å². The number of halogens is 2. The lowest BCUT2D eigenvalue weighted by molar-refractivity contribution is 0.141. The van der Waals surface area contributed by atoms with Gasteiger partial charge in [-0.2, -0.15) is 0 Å². The summed E-state index contributed by atoms with van der Waals surface area (Å²) in [6.07, 6.45) is 1.03. The number of para-hydroxylation sites is 1. The van der Waals surface area contributed by atoms with E-state index in [1.54, 1.807) is 23.1 Å². The zero-order valence-electron chi connectivity index (χ0n) is 20.1. The lowest BCUT2D eigenvalue weighted by Gasteiger charge is -2.34. The predicted octanol–water partition coefficient (Wildman–Crippen LogP) is 4.65. The molecule has 1 aliphatic rings. The summed E-state index contributed by atoms with van der Waals surface area (Å²) in [4.78, 5) is 28.6. The third kappa shape index (κ3) is 6.95. The average Bonchev–Trinajstić information content (AvgIpc) is 2.84. The van der Waals surface area contributed by atoms with Crippen LogP contribution in [0.3, 0.4) is 0 Å². The second kappa shape index (κ2) is 11.9. The van der Waals surface area contributed by atoms with Gasteiger partial charge in [0.25, 0.3) is 0 Å². The van der Waals surface area contributed by atoms with Crippen molar-refractivity contribution in [3.63, 3.8) is 0 Å². The number of hydrogen-bond donors (Lipinski definition) is 2. The van der Waals surface area contributed by atoms with Gasteiger partial charge in [-0.3, -0.25) is 4.90 Å². The first-order chi connectivity index (χ1) is 16.9. The Hall–Kier alpha value is -2.65. The van der Waals surface area contributed by atoms with Crippen LogP contribution in [-0.2, 0) is 6.54 Å². The van der Waals surface area contributed by atoms with Gasteiger partial charge in [0, 0.05) is 43.8 Å². The molecule has 2 amide bonds. The van der Waals surface area contributed by atoms with Crippen molar-refractivity contribution in [3.8, 4) is 0 Å². The maximum Gasteiger partial charge on any atom is 0.321 e. The highest BCUT2D eigenvalue weighted by atomic mass is 35.5. The van der Waals surface area contributed by atoms with E-state index in [9.17, 15) is 4.79 Å². The highest BCUT2D eigenvalue weighted by Crippen LogP contribution is 2.25. The Balaban J connectivity index is 1.35. The molecule has 1 fully saturated rings. The highest BCUT2D eigenvalue weighted by molar-refractivity contribution is 6.42. The minimum absolute atomic E-state index is 0.144. The lowest BCUT2D eigenvalue weighted by atomic mass is 10.2. The van der Waals surface area contributed by atoms with Gasteiger partial charge >= 0.3 is 6.03 Å². The molecule has 3 aromatic rings. The zero-order valence-corrected chi connectivity index (χ0v) is 21.6. The number of carbonyl (C=O) groups is 1. The van der Waals surface area contributed by atoms with Crippen molar-refractivity contribution in [1.82, 2.24) is 24.7 Å². The van der Waals surface area contributed by atoms with Gasteiger partial charge in [-0.1, -0.05) is 35.3 Å². The maximum atomic E-state index is 12.7. The van der Waals surface area contributed by atoms with Crippen molar-refractivity contribution in [1.29, 1.82) is 0 Å². The summed E-state index contributed by atoms with van der Waals surface area (Å²) in [5.41, 5.74) is 1.56. The quantitative estimate of drug-likeness (QED) is 0.425. The number of nitrogens with one attached hydrogen (secondary N) is 2. The van der Waals surface area contributed by atoms with Crippen LogP contribution in [0.15, 0.2) is 42.5 Å². The number of urea groups is 1. The van der Waals surface area contributed by atoms with E-state index in [1.807, 2.05) is 18.2 Å². The molecule has 2 N–H and O–H groups in total. The highest BCUT2D eigenvalue weighted by Gasteiger charge is 2.22. The Morgan fingerprint density at radius 2 is 1.80 bits per heavy atom. The molecule has 0 atom stereocenters. The first-order valence-corrected chi connectivity index (χ1v) is 12.5. The molecular weight excluding hydrogens is 485 g/mol. The molecule has 1 saturated heterocycles. The fourth-order valence-electron chi connectivity index (χ4n) is 4.02. The molecule has 0 radical (unpaired) electrons. The third-order valence-corrected chi connectivity index (χ3v) is 6.66. The minimum Gasteiger partial charge on any atom is -0.369 e. The second-order valence-corrected chi connectivity index (χ2v) is 9.73. The van der Waals surface area contributed by atoms with Crippen LogP contribution in [0.1, 0.15) is 12.2 Å². The van der Waals surface area contributed by atoms with E-state index < -0.39 is 0 Å². The zero-order chi connectivity index (χ0) is 24.8. The average molecular weight is 516 g/mol. The van der Waals surface area contributed by atoms with Crippen LogP contribution >= 0.6 is 23.2 Å². The largest absolute Gasteiger partial charge is 0.369 e. The monoisotopic (exact) mass is 515 g/mol. The van der Waals surface area contributed by atoms with Gasteiger partial charge in [-0.15, -0.1) is 0 Å². The molecule has 4 rings (SSSR count). The van der Waals surface area contributed by atoms with Gasteiger partial charge in [0.05, 0.1) is 22.1 Å². The Bertz CT molecular complexity index is 1170. The van der Waals surface area contributed by atoms with Crippen LogP contribution in [0.5, 0.6) is 0 Å². The number of carbonyl (C=O) groups excluding carboxylic acids is 1. The van der Waals surface area contributed by atoms with Crippen molar-refractivity contribution >= 4 is 51.6 Å². The Kier molecular flexibility index (Phi) is 8.62. The van der Waals surface area contributed by atoms with Gasteiger partial charge in [-0.25, -0.2) is 14.8 Å². The molecule has 0 bridgehead atoms. The molecule has 0 spiro atoms. The van der Waals surface area contributed by atoms with Crippen LogP contribution in [-0.4, -0.2) is 84.1 Å². The summed E-state index contributed by atoms with van der Waals surface area (Å²) in [5.74, 6) is 1.66. The molecule has 2 aromatic carbocycles. The molecule has 186 valence electrons. The second-order valence-electron chi connectivity index (χ2n) is 8.91. The van der Waals surface area contributed by atoms with Crippen LogP contribution in [0.25, 0.3) is 10.9 Å². The maximum absolute atomic E-state index is 12.7. The molecule has 0 aliphatic carbocycles. The number of piperazine rings is 1. The summed E-state index contributed by atoms with van der Waals surface area (Å²) in [7, 11) is 4.16. The Morgan fingerprint density at radius 1 is 1.03 bits per heavy atom. The topological polar surface area (TPSA) is 76.6 Å². The van der Waals surface area contributed by atoms with Gasteiger partial charge < -0.3 is 20.4 Å². The van der Waals surface area contributed by atoms with Gasteiger partial charge in [0.1, 0.15) is 11.6 Å². The Labute approximate surface area is 216 Å². The number of nitrogens with zero attached hydrogens (tertiary/aromatic N) is 5. The molecule has 10 heteroatoms. The Morgan fingerprint density at radius 3 is 2.54 bits per heavy atom. The summed E-state index contributed by atoms with van der Waals surface area (Å²) in [5, 5.41) is 8.30. The summed E-state index contributed by atoms with van der Waals surface area (Å²) >= 11 is 12.0. The first-order valence-electron chi connectivity index (χ1n) is 11.8. The molecular formula is C25H31Cl2N7O. The van der Waals surface area contributed by atoms with Crippen LogP contribution in [0, 0.1) is 0 Å². The molecule has 0 unspecified atom stereocenters. The summed E-state index contributed by atoms with van der Waals surface area (Å²) in [6.45, 7) is 5.25. The molecule has 1 aliphatic heterocycles.